The predicted molar refractivity (Wildman–Crippen MR) is 35.6 cm³/mol. The van der Waals surface area contributed by atoms with E-state index in [4.69, 9.17) is 9.79 Å². The van der Waals surface area contributed by atoms with Gasteiger partial charge in [-0.3, -0.25) is 4.79 Å². The number of hydrogen-bond acceptors (Lipinski definition) is 4. The van der Waals surface area contributed by atoms with Crippen molar-refractivity contribution >= 4 is 22.4 Å². The van der Waals surface area contributed by atoms with Gasteiger partial charge in [0.05, 0.1) is 0 Å². The number of hydrogen-bond donors (Lipinski definition) is 3. The molecule has 0 saturated heterocycles. The molecule has 0 rings (SSSR count). The lowest BCUT2D eigenvalue weighted by molar-refractivity contribution is -0.115. The van der Waals surface area contributed by atoms with E-state index in [1.54, 1.807) is 0 Å². The largest absolute Gasteiger partial charge is 0.745 e. The van der Waals surface area contributed by atoms with Gasteiger partial charge in [-0.2, -0.15) is 0 Å². The van der Waals surface area contributed by atoms with E-state index in [0.29, 0.717) is 0 Å². The Morgan fingerprint density at radius 2 is 1.55 bits per heavy atom. The maximum absolute atomic E-state index is 9.39. The number of rotatable bonds is 2. The summed E-state index contributed by atoms with van der Waals surface area (Å²) in [4.78, 5) is 24.6. The Kier molecular flexibility index (Phi) is 9.16. The van der Waals surface area contributed by atoms with Crippen LogP contribution in [0.5, 0.6) is 0 Å². The Bertz CT molecular complexity index is 152. The number of nitrogens with two attached hydrogens (primary N) is 1. The van der Waals surface area contributed by atoms with Gasteiger partial charge in [-0.05, 0) is 0 Å². The van der Waals surface area contributed by atoms with Gasteiger partial charge < -0.3 is 5.73 Å². The third-order valence-electron chi connectivity index (χ3n) is 0.140. The summed E-state index contributed by atoms with van der Waals surface area (Å²) >= 11 is 0. The van der Waals surface area contributed by atoms with E-state index < -0.39 is 16.5 Å². The SMILES string of the molecule is CC(N)=O.O=[P+](O)O[P+](=O)O. The zero-order valence-electron chi connectivity index (χ0n) is 5.50. The van der Waals surface area contributed by atoms with Crippen LogP contribution in [0.2, 0.25) is 0 Å². The fourth-order valence-electron chi connectivity index (χ4n) is 0.0598. The third-order valence-corrected chi connectivity index (χ3v) is 1.26. The second-order valence-electron chi connectivity index (χ2n) is 1.17. The molecule has 1 amide bonds. The maximum Gasteiger partial charge on any atom is 0.745 e. The summed E-state index contributed by atoms with van der Waals surface area (Å²) in [6, 6.07) is 0. The summed E-state index contributed by atoms with van der Waals surface area (Å²) in [6.07, 6.45) is 0. The van der Waals surface area contributed by atoms with E-state index in [1.165, 1.54) is 6.92 Å². The molecular formula is C2H7NO6P2+2. The van der Waals surface area contributed by atoms with Crippen molar-refractivity contribution in [1.82, 2.24) is 0 Å². The summed E-state index contributed by atoms with van der Waals surface area (Å²) in [5.74, 6) is -0.333. The van der Waals surface area contributed by atoms with E-state index in [-0.39, 0.29) is 5.91 Å². The first-order chi connectivity index (χ1) is 4.86. The highest BCUT2D eigenvalue weighted by molar-refractivity contribution is 7.46. The van der Waals surface area contributed by atoms with Gasteiger partial charge in [-0.25, -0.2) is 0 Å². The number of amides is 1. The zero-order valence-corrected chi connectivity index (χ0v) is 7.29. The van der Waals surface area contributed by atoms with Gasteiger partial charge in [0.15, 0.2) is 4.31 Å². The molecule has 2 atom stereocenters. The van der Waals surface area contributed by atoms with Crippen molar-refractivity contribution < 1.29 is 28.0 Å². The molecule has 2 unspecified atom stereocenters. The molecule has 0 spiro atoms. The van der Waals surface area contributed by atoms with Gasteiger partial charge in [0, 0.05) is 16.1 Å². The van der Waals surface area contributed by atoms with E-state index >= 15 is 0 Å². The van der Waals surface area contributed by atoms with Crippen LogP contribution in [0.15, 0.2) is 0 Å². The summed E-state index contributed by atoms with van der Waals surface area (Å²) in [5, 5.41) is 0. The first-order valence-corrected chi connectivity index (χ1v) is 4.38. The Hall–Kier alpha value is -0.450. The van der Waals surface area contributed by atoms with E-state index in [2.05, 4.69) is 10.0 Å². The molecule has 0 aromatic carbocycles. The highest BCUT2D eigenvalue weighted by atomic mass is 31.2. The van der Waals surface area contributed by atoms with Crippen LogP contribution in [0.4, 0.5) is 0 Å². The van der Waals surface area contributed by atoms with Crippen LogP contribution in [0.3, 0.4) is 0 Å². The van der Waals surface area contributed by atoms with Crippen molar-refractivity contribution in [1.29, 1.82) is 0 Å². The van der Waals surface area contributed by atoms with Crippen LogP contribution in [-0.2, 0) is 18.2 Å². The number of primary amides is 1. The predicted octanol–water partition coefficient (Wildman–Crippen LogP) is -0.206. The van der Waals surface area contributed by atoms with Crippen LogP contribution in [0.1, 0.15) is 6.92 Å². The Morgan fingerprint density at radius 1 is 1.36 bits per heavy atom. The first kappa shape index (κ1) is 13.2. The van der Waals surface area contributed by atoms with Crippen molar-refractivity contribution in [2.24, 2.45) is 5.73 Å². The van der Waals surface area contributed by atoms with Crippen molar-refractivity contribution in [3.8, 4) is 0 Å². The zero-order chi connectivity index (χ0) is 9.44. The molecule has 0 aliphatic carbocycles. The minimum Gasteiger partial charge on any atom is -0.370 e. The van der Waals surface area contributed by atoms with E-state index in [9.17, 15) is 13.9 Å². The average Bonchev–Trinajstić information content (AvgIpc) is 1.56. The monoisotopic (exact) mass is 203 g/mol. The molecule has 0 aliphatic rings. The first-order valence-electron chi connectivity index (χ1n) is 2.12. The molecule has 0 aromatic heterocycles. The molecule has 0 saturated carbocycles. The summed E-state index contributed by atoms with van der Waals surface area (Å²) in [5.41, 5.74) is 4.47. The Morgan fingerprint density at radius 3 is 1.55 bits per heavy atom. The molecule has 4 N–H and O–H groups in total. The van der Waals surface area contributed by atoms with E-state index in [0.717, 1.165) is 0 Å². The van der Waals surface area contributed by atoms with E-state index in [1.807, 2.05) is 0 Å². The summed E-state index contributed by atoms with van der Waals surface area (Å²) < 4.78 is 22.2. The van der Waals surface area contributed by atoms with Crippen LogP contribution in [-0.4, -0.2) is 15.7 Å². The second kappa shape index (κ2) is 7.65. The van der Waals surface area contributed by atoms with Gasteiger partial charge in [-0.1, -0.05) is 0 Å². The highest BCUT2D eigenvalue weighted by Gasteiger charge is 2.31. The highest BCUT2D eigenvalue weighted by Crippen LogP contribution is 2.30. The quantitative estimate of drug-likeness (QED) is 0.533. The van der Waals surface area contributed by atoms with Crippen molar-refractivity contribution in [2.75, 3.05) is 0 Å². The molecule has 0 radical (unpaired) electrons. The Labute approximate surface area is 64.1 Å². The second-order valence-corrected chi connectivity index (χ2v) is 2.77. The third kappa shape index (κ3) is 43.2. The molecule has 7 nitrogen and oxygen atoms in total. The average molecular weight is 203 g/mol. The number of carbonyl (C=O) groups excluding carboxylic acids is 1. The smallest absolute Gasteiger partial charge is 0.370 e. The van der Waals surface area contributed by atoms with Crippen LogP contribution in [0.25, 0.3) is 0 Å². The van der Waals surface area contributed by atoms with Crippen LogP contribution in [0, 0.1) is 0 Å². The topological polar surface area (TPSA) is 127 Å². The summed E-state index contributed by atoms with van der Waals surface area (Å²) in [7, 11) is -5.85. The molecule has 64 valence electrons. The molecular weight excluding hydrogens is 196 g/mol. The minimum atomic E-state index is -2.92. The van der Waals surface area contributed by atoms with Crippen LogP contribution >= 0.6 is 16.5 Å². The lowest BCUT2D eigenvalue weighted by Gasteiger charge is -1.60. The van der Waals surface area contributed by atoms with Crippen molar-refractivity contribution in [2.45, 2.75) is 6.92 Å². The normalized spacial score (nSPS) is 10.8. The van der Waals surface area contributed by atoms with Gasteiger partial charge in [0.25, 0.3) is 0 Å². The molecule has 0 heterocycles. The minimum absolute atomic E-state index is 0.333. The fraction of sp³-hybridized carbons (Fsp3) is 0.500. The number of carbonyl (C=O) groups is 1. The fourth-order valence-corrected chi connectivity index (χ4v) is 0.538. The van der Waals surface area contributed by atoms with Crippen molar-refractivity contribution in [3.05, 3.63) is 0 Å². The lowest BCUT2D eigenvalue weighted by atomic mass is 10.8. The lowest BCUT2D eigenvalue weighted by Crippen LogP contribution is -2.01. The van der Waals surface area contributed by atoms with Crippen LogP contribution < -0.4 is 5.73 Å². The molecule has 0 aliphatic heterocycles. The van der Waals surface area contributed by atoms with Crippen molar-refractivity contribution in [3.63, 3.8) is 0 Å². The van der Waals surface area contributed by atoms with Gasteiger partial charge in [-0.15, -0.1) is 9.79 Å². The molecule has 11 heavy (non-hydrogen) atoms. The standard InChI is InChI=1S/C2H5NO.O5P2/c1-2(3)4;1-6(2)5-7(3)4/h1H3,(H2,3,4);/p+2. The summed E-state index contributed by atoms with van der Waals surface area (Å²) in [6.45, 7) is 1.31. The van der Waals surface area contributed by atoms with Gasteiger partial charge in [0.1, 0.15) is 0 Å². The molecule has 0 bridgehead atoms. The molecule has 0 fully saturated rings. The molecule has 9 heteroatoms. The molecule has 0 aromatic rings. The van der Waals surface area contributed by atoms with Gasteiger partial charge >= 0.3 is 16.5 Å². The maximum atomic E-state index is 9.39. The van der Waals surface area contributed by atoms with Gasteiger partial charge in [0.2, 0.25) is 5.91 Å². The Balaban J connectivity index is 0.